The zero-order valence-corrected chi connectivity index (χ0v) is 14.3. The number of hydrogen-bond donors (Lipinski definition) is 0. The number of hydrogen-bond acceptors (Lipinski definition) is 4. The highest BCUT2D eigenvalue weighted by Crippen LogP contribution is 2.23. The van der Waals surface area contributed by atoms with Crippen LogP contribution in [-0.2, 0) is 11.3 Å². The van der Waals surface area contributed by atoms with Crippen LogP contribution in [-0.4, -0.2) is 27.6 Å². The van der Waals surface area contributed by atoms with Crippen molar-refractivity contribution in [2.24, 2.45) is 0 Å². The molecule has 0 N–H and O–H groups in total. The minimum atomic E-state index is -0.326. The number of carbonyl (C=O) groups is 1. The number of aromatic nitrogens is 3. The molecular weight excluding hydrogens is 326 g/mol. The minimum absolute atomic E-state index is 0.326. The van der Waals surface area contributed by atoms with E-state index in [2.05, 4.69) is 26.7 Å². The van der Waals surface area contributed by atoms with Gasteiger partial charge in [-0.2, -0.15) is 0 Å². The summed E-state index contributed by atoms with van der Waals surface area (Å²) < 4.78 is 6.82. The molecule has 4 rings (SSSR count). The summed E-state index contributed by atoms with van der Waals surface area (Å²) >= 11 is 0. The molecule has 1 aromatic carbocycles. The van der Waals surface area contributed by atoms with Crippen molar-refractivity contribution in [3.63, 3.8) is 0 Å². The number of nitrogens with zero attached hydrogens (tertiary/aromatic N) is 3. The summed E-state index contributed by atoms with van der Waals surface area (Å²) in [6.07, 6.45) is 7.50. The first-order valence-electron chi connectivity index (χ1n) is 8.27. The van der Waals surface area contributed by atoms with Crippen molar-refractivity contribution in [2.45, 2.75) is 6.54 Å². The second-order valence-electron chi connectivity index (χ2n) is 6.01. The van der Waals surface area contributed by atoms with Gasteiger partial charge in [-0.1, -0.05) is 18.2 Å². The van der Waals surface area contributed by atoms with Gasteiger partial charge in [0, 0.05) is 47.8 Å². The Kier molecular flexibility index (Phi) is 4.19. The van der Waals surface area contributed by atoms with Crippen molar-refractivity contribution in [3.8, 4) is 11.1 Å². The van der Waals surface area contributed by atoms with Crippen LogP contribution in [0.15, 0.2) is 73.3 Å². The van der Waals surface area contributed by atoms with E-state index in [0.717, 1.165) is 27.7 Å². The fraction of sp³-hybridized carbons (Fsp3) is 0.0952. The normalized spacial score (nSPS) is 10.8. The first-order chi connectivity index (χ1) is 12.7. The summed E-state index contributed by atoms with van der Waals surface area (Å²) in [7, 11) is 1.38. The van der Waals surface area contributed by atoms with E-state index in [0.29, 0.717) is 12.1 Å². The molecule has 0 aliphatic carbocycles. The number of ether oxygens (including phenoxy) is 1. The number of carbonyl (C=O) groups excluding carboxylic acids is 1. The van der Waals surface area contributed by atoms with E-state index in [-0.39, 0.29) is 5.97 Å². The Bertz CT molecular complexity index is 1050. The van der Waals surface area contributed by atoms with Gasteiger partial charge < -0.3 is 9.30 Å². The Hall–Kier alpha value is -3.47. The van der Waals surface area contributed by atoms with Gasteiger partial charge in [-0.3, -0.25) is 4.98 Å². The van der Waals surface area contributed by atoms with Gasteiger partial charge in [0.05, 0.1) is 12.7 Å². The van der Waals surface area contributed by atoms with E-state index in [1.54, 1.807) is 18.3 Å². The molecule has 0 fully saturated rings. The first-order valence-corrected chi connectivity index (χ1v) is 8.27. The summed E-state index contributed by atoms with van der Waals surface area (Å²) in [5.41, 5.74) is 4.66. The maximum absolute atomic E-state index is 11.5. The number of rotatable bonds is 4. The highest BCUT2D eigenvalue weighted by Gasteiger charge is 2.08. The second-order valence-corrected chi connectivity index (χ2v) is 6.01. The number of fused-ring (bicyclic) bond motifs is 1. The predicted molar refractivity (Wildman–Crippen MR) is 99.8 cm³/mol. The third-order valence-corrected chi connectivity index (χ3v) is 4.32. The molecule has 5 nitrogen and oxygen atoms in total. The minimum Gasteiger partial charge on any atom is -0.465 e. The van der Waals surface area contributed by atoms with E-state index in [9.17, 15) is 4.79 Å². The standard InChI is InChI=1S/C21H17N3O2/c1-26-21(25)16-6-4-15(5-7-16)14-24-10-8-17-11-19(13-23-20(17)24)18-3-2-9-22-12-18/h2-13H,14H2,1H3. The molecule has 0 atom stereocenters. The molecule has 128 valence electrons. The van der Waals surface area contributed by atoms with Gasteiger partial charge in [0.25, 0.3) is 0 Å². The van der Waals surface area contributed by atoms with Crippen LogP contribution in [0.2, 0.25) is 0 Å². The zero-order chi connectivity index (χ0) is 17.9. The molecule has 0 unspecified atom stereocenters. The summed E-state index contributed by atoms with van der Waals surface area (Å²) in [6.45, 7) is 0.685. The van der Waals surface area contributed by atoms with Crippen LogP contribution < -0.4 is 0 Å². The number of benzene rings is 1. The van der Waals surface area contributed by atoms with Crippen LogP contribution in [0.1, 0.15) is 15.9 Å². The van der Waals surface area contributed by atoms with E-state index < -0.39 is 0 Å². The van der Waals surface area contributed by atoms with E-state index in [1.807, 2.05) is 42.9 Å². The maximum Gasteiger partial charge on any atom is 0.337 e. The SMILES string of the molecule is COC(=O)c1ccc(Cn2ccc3cc(-c4cccnc4)cnc32)cc1. The lowest BCUT2D eigenvalue weighted by atomic mass is 10.1. The third-order valence-electron chi connectivity index (χ3n) is 4.32. The molecule has 0 amide bonds. The van der Waals surface area contributed by atoms with Gasteiger partial charge >= 0.3 is 5.97 Å². The largest absolute Gasteiger partial charge is 0.465 e. The summed E-state index contributed by atoms with van der Waals surface area (Å²) in [4.78, 5) is 20.3. The number of pyridine rings is 2. The maximum atomic E-state index is 11.5. The van der Waals surface area contributed by atoms with Crippen molar-refractivity contribution >= 4 is 17.0 Å². The summed E-state index contributed by atoms with van der Waals surface area (Å²) in [5, 5.41) is 1.08. The van der Waals surface area contributed by atoms with Gasteiger partial charge in [0.15, 0.2) is 0 Å². The van der Waals surface area contributed by atoms with Crippen molar-refractivity contribution in [1.29, 1.82) is 0 Å². The molecule has 0 saturated carbocycles. The smallest absolute Gasteiger partial charge is 0.337 e. The Labute approximate surface area is 150 Å². The molecular formula is C21H17N3O2. The fourth-order valence-electron chi connectivity index (χ4n) is 2.96. The lowest BCUT2D eigenvalue weighted by molar-refractivity contribution is 0.0600. The molecule has 0 spiro atoms. The van der Waals surface area contributed by atoms with Gasteiger partial charge in [0.2, 0.25) is 0 Å². The predicted octanol–water partition coefficient (Wildman–Crippen LogP) is 3.93. The lowest BCUT2D eigenvalue weighted by Crippen LogP contribution is -2.03. The van der Waals surface area contributed by atoms with Crippen molar-refractivity contribution < 1.29 is 9.53 Å². The second kappa shape index (κ2) is 6.80. The van der Waals surface area contributed by atoms with Gasteiger partial charge in [-0.25, -0.2) is 9.78 Å². The van der Waals surface area contributed by atoms with Crippen LogP contribution in [0.4, 0.5) is 0 Å². The fourth-order valence-corrected chi connectivity index (χ4v) is 2.96. The van der Waals surface area contributed by atoms with Crippen LogP contribution in [0, 0.1) is 0 Å². The van der Waals surface area contributed by atoms with E-state index in [1.165, 1.54) is 7.11 Å². The average Bonchev–Trinajstić information content (AvgIpc) is 3.10. The van der Waals surface area contributed by atoms with Crippen molar-refractivity contribution in [3.05, 3.63) is 84.4 Å². The third kappa shape index (κ3) is 3.07. The topological polar surface area (TPSA) is 57.0 Å². The molecule has 0 aliphatic heterocycles. The summed E-state index contributed by atoms with van der Waals surface area (Å²) in [6, 6.07) is 15.5. The van der Waals surface area contributed by atoms with Crippen LogP contribution in [0.3, 0.4) is 0 Å². The Morgan fingerprint density at radius 3 is 2.65 bits per heavy atom. The average molecular weight is 343 g/mol. The number of methoxy groups -OCH3 is 1. The van der Waals surface area contributed by atoms with E-state index >= 15 is 0 Å². The molecule has 0 radical (unpaired) electrons. The monoisotopic (exact) mass is 343 g/mol. The van der Waals surface area contributed by atoms with Crippen molar-refractivity contribution in [2.75, 3.05) is 7.11 Å². The number of esters is 1. The van der Waals surface area contributed by atoms with E-state index in [4.69, 9.17) is 4.74 Å². The first kappa shape index (κ1) is 16.0. The molecule has 4 aromatic rings. The Morgan fingerprint density at radius 2 is 1.92 bits per heavy atom. The molecule has 3 heterocycles. The highest BCUT2D eigenvalue weighted by molar-refractivity contribution is 5.89. The van der Waals surface area contributed by atoms with Gasteiger partial charge in [-0.05, 0) is 35.9 Å². The highest BCUT2D eigenvalue weighted by atomic mass is 16.5. The quantitative estimate of drug-likeness (QED) is 0.527. The molecule has 0 bridgehead atoms. The molecule has 0 aliphatic rings. The molecule has 5 heteroatoms. The van der Waals surface area contributed by atoms with Gasteiger partial charge in [0.1, 0.15) is 5.65 Å². The molecule has 26 heavy (non-hydrogen) atoms. The van der Waals surface area contributed by atoms with Crippen LogP contribution in [0.25, 0.3) is 22.2 Å². The summed E-state index contributed by atoms with van der Waals surface area (Å²) in [5.74, 6) is -0.326. The Balaban J connectivity index is 1.60. The lowest BCUT2D eigenvalue weighted by Gasteiger charge is -2.07. The van der Waals surface area contributed by atoms with Crippen LogP contribution in [0.5, 0.6) is 0 Å². The van der Waals surface area contributed by atoms with Crippen LogP contribution >= 0.6 is 0 Å². The zero-order valence-electron chi connectivity index (χ0n) is 14.3. The molecule has 0 saturated heterocycles. The van der Waals surface area contributed by atoms with Gasteiger partial charge in [-0.15, -0.1) is 0 Å². The Morgan fingerprint density at radius 1 is 1.08 bits per heavy atom. The van der Waals surface area contributed by atoms with Crippen molar-refractivity contribution in [1.82, 2.24) is 14.5 Å². The molecule has 3 aromatic heterocycles.